The molecule has 0 amide bonds. The number of carboxylic acids is 1. The zero-order chi connectivity index (χ0) is 11.9. The van der Waals surface area contributed by atoms with Gasteiger partial charge in [-0.05, 0) is 19.3 Å². The monoisotopic (exact) mass is 222 g/mol. The van der Waals surface area contributed by atoms with E-state index in [-0.39, 0.29) is 18.1 Å². The Morgan fingerprint density at radius 3 is 2.88 bits per heavy atom. The molecule has 0 aliphatic heterocycles. The van der Waals surface area contributed by atoms with Gasteiger partial charge >= 0.3 is 5.97 Å². The van der Waals surface area contributed by atoms with Crippen LogP contribution in [-0.2, 0) is 18.3 Å². The molecular formula is C11H14N2O3. The van der Waals surface area contributed by atoms with E-state index >= 15 is 0 Å². The molecule has 1 aliphatic rings. The van der Waals surface area contributed by atoms with E-state index in [1.165, 1.54) is 0 Å². The van der Waals surface area contributed by atoms with Crippen LogP contribution in [0.1, 0.15) is 34.6 Å². The van der Waals surface area contributed by atoms with Crippen LogP contribution < -0.4 is 0 Å². The molecule has 0 saturated heterocycles. The Balaban J connectivity index is 2.32. The van der Waals surface area contributed by atoms with E-state index in [2.05, 4.69) is 5.10 Å². The summed E-state index contributed by atoms with van der Waals surface area (Å²) in [5, 5.41) is 12.9. The van der Waals surface area contributed by atoms with Gasteiger partial charge in [0, 0.05) is 25.6 Å². The zero-order valence-electron chi connectivity index (χ0n) is 9.36. The average molecular weight is 222 g/mol. The van der Waals surface area contributed by atoms with Crippen molar-refractivity contribution in [2.24, 2.45) is 13.0 Å². The van der Waals surface area contributed by atoms with Gasteiger partial charge in [0.1, 0.15) is 0 Å². The van der Waals surface area contributed by atoms with E-state index in [1.54, 1.807) is 11.7 Å². The van der Waals surface area contributed by atoms with Crippen LogP contribution in [0, 0.1) is 12.8 Å². The summed E-state index contributed by atoms with van der Waals surface area (Å²) in [5.41, 5.74) is 2.32. The molecule has 0 aromatic carbocycles. The van der Waals surface area contributed by atoms with Crippen molar-refractivity contribution in [2.45, 2.75) is 26.2 Å². The van der Waals surface area contributed by atoms with Crippen LogP contribution in [0.2, 0.25) is 0 Å². The number of hydrogen-bond donors (Lipinski definition) is 1. The number of hydrogen-bond acceptors (Lipinski definition) is 3. The summed E-state index contributed by atoms with van der Waals surface area (Å²) in [7, 11) is 1.79. The highest BCUT2D eigenvalue weighted by atomic mass is 16.4. The average Bonchev–Trinajstić information content (AvgIpc) is 2.41. The molecule has 5 nitrogen and oxygen atoms in total. The standard InChI is InChI=1S/C11H14N2O3/c1-6-11-8(13(2)12-6)3-7(4-9(11)14)5-10(15)16/h7H,3-5H2,1-2H3,(H,15,16). The second kappa shape index (κ2) is 3.73. The fourth-order valence-electron chi connectivity index (χ4n) is 2.40. The smallest absolute Gasteiger partial charge is 0.303 e. The molecule has 0 fully saturated rings. The first-order valence-corrected chi connectivity index (χ1v) is 5.26. The summed E-state index contributed by atoms with van der Waals surface area (Å²) >= 11 is 0. The molecular weight excluding hydrogens is 208 g/mol. The third-order valence-electron chi connectivity index (χ3n) is 3.04. The summed E-state index contributed by atoms with van der Waals surface area (Å²) in [6, 6.07) is 0. The maximum Gasteiger partial charge on any atom is 0.303 e. The van der Waals surface area contributed by atoms with Gasteiger partial charge in [-0.3, -0.25) is 14.3 Å². The fourth-order valence-corrected chi connectivity index (χ4v) is 2.40. The minimum Gasteiger partial charge on any atom is -0.481 e. The Morgan fingerprint density at radius 2 is 2.25 bits per heavy atom. The summed E-state index contributed by atoms with van der Waals surface area (Å²) in [6.07, 6.45) is 1.01. The highest BCUT2D eigenvalue weighted by molar-refractivity contribution is 5.99. The van der Waals surface area contributed by atoms with E-state index < -0.39 is 5.97 Å². The minimum absolute atomic E-state index is 0.0260. The highest BCUT2D eigenvalue weighted by Gasteiger charge is 2.30. The Kier molecular flexibility index (Phi) is 2.53. The van der Waals surface area contributed by atoms with E-state index in [0.717, 1.165) is 11.4 Å². The van der Waals surface area contributed by atoms with Gasteiger partial charge in [0.15, 0.2) is 5.78 Å². The lowest BCUT2D eigenvalue weighted by Gasteiger charge is -2.20. The van der Waals surface area contributed by atoms with Crippen LogP contribution in [0.3, 0.4) is 0 Å². The summed E-state index contributed by atoms with van der Waals surface area (Å²) < 4.78 is 1.69. The largest absolute Gasteiger partial charge is 0.481 e. The van der Waals surface area contributed by atoms with E-state index in [9.17, 15) is 9.59 Å². The molecule has 0 spiro atoms. The molecule has 0 radical (unpaired) electrons. The van der Waals surface area contributed by atoms with Crippen molar-refractivity contribution in [1.82, 2.24) is 9.78 Å². The number of aliphatic carboxylic acids is 1. The first-order valence-electron chi connectivity index (χ1n) is 5.26. The Bertz CT molecular complexity index is 462. The first-order chi connectivity index (χ1) is 7.49. The predicted octanol–water partition coefficient (Wildman–Crippen LogP) is 0.948. The van der Waals surface area contributed by atoms with Gasteiger partial charge in [-0.1, -0.05) is 0 Å². The van der Waals surface area contributed by atoms with E-state index in [0.29, 0.717) is 18.4 Å². The third-order valence-corrected chi connectivity index (χ3v) is 3.04. The first kappa shape index (κ1) is 10.9. The molecule has 0 bridgehead atoms. The lowest BCUT2D eigenvalue weighted by Crippen LogP contribution is -2.23. The molecule has 1 aromatic rings. The van der Waals surface area contributed by atoms with Gasteiger partial charge in [-0.25, -0.2) is 0 Å². The highest BCUT2D eigenvalue weighted by Crippen LogP contribution is 2.29. The number of fused-ring (bicyclic) bond motifs is 1. The lowest BCUT2D eigenvalue weighted by molar-refractivity contribution is -0.138. The summed E-state index contributed by atoms with van der Waals surface area (Å²) in [4.78, 5) is 22.5. The molecule has 1 N–H and O–H groups in total. The number of nitrogens with zero attached hydrogens (tertiary/aromatic N) is 2. The topological polar surface area (TPSA) is 72.2 Å². The summed E-state index contributed by atoms with van der Waals surface area (Å²) in [5.74, 6) is -0.912. The predicted molar refractivity (Wildman–Crippen MR) is 56.3 cm³/mol. The molecule has 1 heterocycles. The maximum absolute atomic E-state index is 11.9. The lowest BCUT2D eigenvalue weighted by atomic mass is 9.84. The van der Waals surface area contributed by atoms with Crippen molar-refractivity contribution in [3.63, 3.8) is 0 Å². The third kappa shape index (κ3) is 1.73. The molecule has 1 unspecified atom stereocenters. The van der Waals surface area contributed by atoms with Crippen LogP contribution >= 0.6 is 0 Å². The van der Waals surface area contributed by atoms with Gasteiger partial charge in [0.05, 0.1) is 11.3 Å². The normalized spacial score (nSPS) is 19.6. The number of aromatic nitrogens is 2. The maximum atomic E-state index is 11.9. The van der Waals surface area contributed by atoms with Crippen molar-refractivity contribution >= 4 is 11.8 Å². The molecule has 86 valence electrons. The van der Waals surface area contributed by atoms with Crippen LogP contribution in [0.25, 0.3) is 0 Å². The molecule has 1 atom stereocenters. The van der Waals surface area contributed by atoms with Gasteiger partial charge < -0.3 is 5.11 Å². The van der Waals surface area contributed by atoms with Crippen molar-refractivity contribution in [1.29, 1.82) is 0 Å². The zero-order valence-corrected chi connectivity index (χ0v) is 9.36. The number of carbonyl (C=O) groups is 2. The molecule has 16 heavy (non-hydrogen) atoms. The fraction of sp³-hybridized carbons (Fsp3) is 0.545. The Labute approximate surface area is 93.1 Å². The summed E-state index contributed by atoms with van der Waals surface area (Å²) in [6.45, 7) is 1.81. The van der Waals surface area contributed by atoms with E-state index in [4.69, 9.17) is 5.11 Å². The van der Waals surface area contributed by atoms with Crippen LogP contribution in [0.4, 0.5) is 0 Å². The number of aryl methyl sites for hydroxylation is 2. The molecule has 5 heteroatoms. The second-order valence-electron chi connectivity index (χ2n) is 4.33. The van der Waals surface area contributed by atoms with Crippen molar-refractivity contribution in [2.75, 3.05) is 0 Å². The number of carbonyl (C=O) groups excluding carboxylic acids is 1. The van der Waals surface area contributed by atoms with Crippen LogP contribution in [0.15, 0.2) is 0 Å². The number of carboxylic acid groups (broad SMARTS) is 1. The van der Waals surface area contributed by atoms with Crippen molar-refractivity contribution in [3.8, 4) is 0 Å². The van der Waals surface area contributed by atoms with Crippen molar-refractivity contribution in [3.05, 3.63) is 17.0 Å². The molecule has 2 rings (SSSR count). The quantitative estimate of drug-likeness (QED) is 0.808. The van der Waals surface area contributed by atoms with Crippen LogP contribution in [-0.4, -0.2) is 26.6 Å². The molecule has 1 aliphatic carbocycles. The number of rotatable bonds is 2. The van der Waals surface area contributed by atoms with Gasteiger partial charge in [0.25, 0.3) is 0 Å². The number of Topliss-reactive ketones (excluding diaryl/α,β-unsaturated/α-hetero) is 1. The van der Waals surface area contributed by atoms with Gasteiger partial charge in [-0.2, -0.15) is 5.10 Å². The van der Waals surface area contributed by atoms with E-state index in [1.807, 2.05) is 6.92 Å². The Hall–Kier alpha value is -1.65. The minimum atomic E-state index is -0.847. The van der Waals surface area contributed by atoms with Gasteiger partial charge in [-0.15, -0.1) is 0 Å². The SMILES string of the molecule is Cc1nn(C)c2c1C(=O)CC(CC(=O)O)C2. The Morgan fingerprint density at radius 1 is 1.56 bits per heavy atom. The van der Waals surface area contributed by atoms with Crippen LogP contribution in [0.5, 0.6) is 0 Å². The van der Waals surface area contributed by atoms with Crippen molar-refractivity contribution < 1.29 is 14.7 Å². The van der Waals surface area contributed by atoms with Gasteiger partial charge in [0.2, 0.25) is 0 Å². The molecule has 1 aromatic heterocycles. The number of ketones is 1. The second-order valence-corrected chi connectivity index (χ2v) is 4.33. The molecule has 0 saturated carbocycles.